The molecular formula is C9H18N2O. The second-order valence-electron chi connectivity index (χ2n) is 3.46. The summed E-state index contributed by atoms with van der Waals surface area (Å²) in [6, 6.07) is 0.980. The zero-order valence-corrected chi connectivity index (χ0v) is 8.37. The van der Waals surface area contributed by atoms with Gasteiger partial charge in [0.1, 0.15) is 0 Å². The smallest absolute Gasteiger partial charge is 0.320 e. The Morgan fingerprint density at radius 3 is 1.67 bits per heavy atom. The van der Waals surface area contributed by atoms with Crippen LogP contribution in [0.2, 0.25) is 0 Å². The van der Waals surface area contributed by atoms with E-state index in [1.54, 1.807) is 0 Å². The van der Waals surface area contributed by atoms with Crippen LogP contribution in [0.4, 0.5) is 4.79 Å². The van der Waals surface area contributed by atoms with E-state index in [2.05, 4.69) is 13.8 Å². The summed E-state index contributed by atoms with van der Waals surface area (Å²) in [6.07, 6.45) is 2.09. The predicted octanol–water partition coefficient (Wildman–Crippen LogP) is 1.54. The molecule has 0 aromatic carbocycles. The van der Waals surface area contributed by atoms with Gasteiger partial charge in [0.25, 0.3) is 0 Å². The Morgan fingerprint density at radius 2 is 1.42 bits per heavy atom. The van der Waals surface area contributed by atoms with Crippen molar-refractivity contribution in [2.45, 2.75) is 38.8 Å². The van der Waals surface area contributed by atoms with Gasteiger partial charge in [0.05, 0.1) is 12.1 Å². The number of rotatable bonds is 2. The first-order valence-electron chi connectivity index (χ1n) is 4.63. The molecule has 1 saturated heterocycles. The summed E-state index contributed by atoms with van der Waals surface area (Å²) in [6.45, 7) is 4.27. The van der Waals surface area contributed by atoms with Gasteiger partial charge in [-0.3, -0.25) is 0 Å². The largest absolute Gasteiger partial charge is 0.323 e. The van der Waals surface area contributed by atoms with Crippen molar-refractivity contribution in [1.82, 2.24) is 9.80 Å². The minimum atomic E-state index is 0.161. The van der Waals surface area contributed by atoms with Gasteiger partial charge < -0.3 is 9.80 Å². The molecule has 0 bridgehead atoms. The highest BCUT2D eigenvalue weighted by Crippen LogP contribution is 2.23. The van der Waals surface area contributed by atoms with Gasteiger partial charge in [-0.15, -0.1) is 0 Å². The lowest BCUT2D eigenvalue weighted by Gasteiger charge is -2.22. The van der Waals surface area contributed by atoms with Crippen molar-refractivity contribution < 1.29 is 4.79 Å². The van der Waals surface area contributed by atoms with Gasteiger partial charge in [0.2, 0.25) is 0 Å². The fourth-order valence-corrected chi connectivity index (χ4v) is 2.14. The van der Waals surface area contributed by atoms with Crippen LogP contribution in [0.15, 0.2) is 0 Å². The van der Waals surface area contributed by atoms with Crippen LogP contribution in [0.1, 0.15) is 26.7 Å². The van der Waals surface area contributed by atoms with Gasteiger partial charge in [0.15, 0.2) is 0 Å². The van der Waals surface area contributed by atoms with Gasteiger partial charge in [-0.05, 0) is 12.8 Å². The van der Waals surface area contributed by atoms with E-state index >= 15 is 0 Å². The molecular weight excluding hydrogens is 152 g/mol. The Labute approximate surface area is 74.3 Å². The number of amides is 2. The van der Waals surface area contributed by atoms with E-state index in [-0.39, 0.29) is 6.03 Å². The van der Waals surface area contributed by atoms with E-state index in [0.29, 0.717) is 12.1 Å². The first-order chi connectivity index (χ1) is 5.63. The second-order valence-corrected chi connectivity index (χ2v) is 3.46. The summed E-state index contributed by atoms with van der Waals surface area (Å²) in [4.78, 5) is 15.2. The molecule has 2 amide bonds. The Morgan fingerprint density at radius 1 is 1.08 bits per heavy atom. The van der Waals surface area contributed by atoms with Gasteiger partial charge in [-0.1, -0.05) is 13.8 Å². The van der Waals surface area contributed by atoms with Crippen molar-refractivity contribution in [3.8, 4) is 0 Å². The molecule has 0 radical (unpaired) electrons. The average Bonchev–Trinajstić information content (AvgIpc) is 2.29. The number of hydrogen-bond donors (Lipinski definition) is 0. The summed E-state index contributed by atoms with van der Waals surface area (Å²) in [5.41, 5.74) is 0. The normalized spacial score (nSPS) is 30.2. The Bertz CT molecular complexity index is 163. The lowest BCUT2D eigenvalue weighted by molar-refractivity contribution is 0.199. The third-order valence-corrected chi connectivity index (χ3v) is 2.88. The number of hydrogen-bond acceptors (Lipinski definition) is 1. The van der Waals surface area contributed by atoms with E-state index in [9.17, 15) is 4.79 Å². The fourth-order valence-electron chi connectivity index (χ4n) is 2.14. The Balaban J connectivity index is 2.79. The maximum atomic E-state index is 11.5. The molecule has 1 aliphatic heterocycles. The maximum absolute atomic E-state index is 11.5. The van der Waals surface area contributed by atoms with Crippen LogP contribution in [-0.4, -0.2) is 42.0 Å². The Hall–Kier alpha value is -0.730. The predicted molar refractivity (Wildman–Crippen MR) is 49.1 cm³/mol. The molecule has 1 aliphatic rings. The topological polar surface area (TPSA) is 23.6 Å². The Kier molecular flexibility index (Phi) is 2.60. The van der Waals surface area contributed by atoms with Crippen LogP contribution in [0.25, 0.3) is 0 Å². The summed E-state index contributed by atoms with van der Waals surface area (Å²) in [7, 11) is 3.78. The molecule has 1 fully saturated rings. The molecule has 2 atom stereocenters. The molecule has 0 aromatic heterocycles. The second kappa shape index (κ2) is 3.33. The van der Waals surface area contributed by atoms with E-state index in [1.165, 1.54) is 0 Å². The zero-order chi connectivity index (χ0) is 9.30. The van der Waals surface area contributed by atoms with E-state index in [4.69, 9.17) is 0 Å². The van der Waals surface area contributed by atoms with Gasteiger partial charge in [-0.2, -0.15) is 0 Å². The zero-order valence-electron chi connectivity index (χ0n) is 8.37. The highest BCUT2D eigenvalue weighted by molar-refractivity contribution is 5.77. The van der Waals surface area contributed by atoms with Crippen molar-refractivity contribution in [2.75, 3.05) is 14.1 Å². The van der Waals surface area contributed by atoms with Crippen molar-refractivity contribution in [1.29, 1.82) is 0 Å². The highest BCUT2D eigenvalue weighted by atomic mass is 16.2. The molecule has 1 heterocycles. The molecule has 0 aliphatic carbocycles. The van der Waals surface area contributed by atoms with Crippen LogP contribution < -0.4 is 0 Å². The average molecular weight is 170 g/mol. The summed E-state index contributed by atoms with van der Waals surface area (Å²) in [5, 5.41) is 0. The molecule has 2 unspecified atom stereocenters. The molecule has 3 nitrogen and oxygen atoms in total. The number of carbonyl (C=O) groups is 1. The van der Waals surface area contributed by atoms with Gasteiger partial charge in [0, 0.05) is 14.1 Å². The van der Waals surface area contributed by atoms with Crippen LogP contribution in [0.3, 0.4) is 0 Å². The molecule has 0 saturated carbocycles. The van der Waals surface area contributed by atoms with E-state index in [1.807, 2.05) is 23.9 Å². The molecule has 3 heteroatoms. The fraction of sp³-hybridized carbons (Fsp3) is 0.889. The summed E-state index contributed by atoms with van der Waals surface area (Å²) < 4.78 is 0. The standard InChI is InChI=1S/C9H18N2O/c1-5-7-8(6-2)11(4)9(12)10(7)3/h7-8H,5-6H2,1-4H3. The van der Waals surface area contributed by atoms with Gasteiger partial charge >= 0.3 is 6.03 Å². The number of carbonyl (C=O) groups excluding carboxylic acids is 1. The van der Waals surface area contributed by atoms with E-state index in [0.717, 1.165) is 12.8 Å². The maximum Gasteiger partial charge on any atom is 0.320 e. The minimum absolute atomic E-state index is 0.161. The third kappa shape index (κ3) is 1.17. The first-order valence-corrected chi connectivity index (χ1v) is 4.63. The molecule has 70 valence electrons. The van der Waals surface area contributed by atoms with Crippen LogP contribution in [0, 0.1) is 0 Å². The van der Waals surface area contributed by atoms with Gasteiger partial charge in [-0.25, -0.2) is 4.79 Å². The minimum Gasteiger partial charge on any atom is -0.323 e. The lowest BCUT2D eigenvalue weighted by atomic mass is 10.0. The third-order valence-electron chi connectivity index (χ3n) is 2.88. The molecule has 12 heavy (non-hydrogen) atoms. The molecule has 0 spiro atoms. The first kappa shape index (κ1) is 9.36. The monoisotopic (exact) mass is 170 g/mol. The number of nitrogens with zero attached hydrogens (tertiary/aromatic N) is 2. The van der Waals surface area contributed by atoms with Crippen LogP contribution in [0.5, 0.6) is 0 Å². The van der Waals surface area contributed by atoms with Crippen molar-refractivity contribution in [2.24, 2.45) is 0 Å². The number of likely N-dealkylation sites (N-methyl/N-ethyl adjacent to an activating group) is 2. The summed E-state index contributed by atoms with van der Waals surface area (Å²) >= 11 is 0. The molecule has 1 rings (SSSR count). The quantitative estimate of drug-likeness (QED) is 0.616. The van der Waals surface area contributed by atoms with Crippen LogP contribution >= 0.6 is 0 Å². The molecule has 0 N–H and O–H groups in total. The SMILES string of the molecule is CCC1C(CC)N(C)C(=O)N1C. The van der Waals surface area contributed by atoms with Crippen molar-refractivity contribution in [3.63, 3.8) is 0 Å². The lowest BCUT2D eigenvalue weighted by Crippen LogP contribution is -2.33. The highest BCUT2D eigenvalue weighted by Gasteiger charge is 2.39. The van der Waals surface area contributed by atoms with Crippen molar-refractivity contribution in [3.05, 3.63) is 0 Å². The number of urea groups is 1. The summed E-state index contributed by atoms with van der Waals surface area (Å²) in [5.74, 6) is 0. The van der Waals surface area contributed by atoms with E-state index < -0.39 is 0 Å². The van der Waals surface area contributed by atoms with Crippen LogP contribution in [-0.2, 0) is 0 Å². The molecule has 0 aromatic rings. The van der Waals surface area contributed by atoms with Crippen molar-refractivity contribution >= 4 is 6.03 Å².